The lowest BCUT2D eigenvalue weighted by Crippen LogP contribution is -2.41. The molecule has 0 bridgehead atoms. The molecule has 2 aromatic rings. The van der Waals surface area contributed by atoms with E-state index in [1.165, 1.54) is 0 Å². The van der Waals surface area contributed by atoms with Crippen molar-refractivity contribution in [3.63, 3.8) is 0 Å². The molecule has 0 atom stereocenters. The van der Waals surface area contributed by atoms with E-state index in [9.17, 15) is 0 Å². The number of hydrogen-bond acceptors (Lipinski definition) is 4. The van der Waals surface area contributed by atoms with Gasteiger partial charge < -0.3 is 14.0 Å². The minimum Gasteiger partial charge on any atom is -0.496 e. The van der Waals surface area contributed by atoms with E-state index in [1.807, 2.05) is 18.2 Å². The van der Waals surface area contributed by atoms with Crippen LogP contribution in [0.15, 0.2) is 35.7 Å². The molecule has 1 saturated heterocycles. The van der Waals surface area contributed by atoms with Crippen molar-refractivity contribution in [1.29, 1.82) is 0 Å². The van der Waals surface area contributed by atoms with Crippen LogP contribution in [-0.4, -0.2) is 25.4 Å². The van der Waals surface area contributed by atoms with E-state index >= 15 is 0 Å². The van der Waals surface area contributed by atoms with Gasteiger partial charge in [-0.2, -0.15) is 11.3 Å². The molecule has 1 aromatic carbocycles. The molecular weight excluding hydrogens is 295 g/mol. The molecule has 22 heavy (non-hydrogen) atoms. The fraction of sp³-hybridized carbons (Fsp3) is 0.412. The molecule has 1 aliphatic rings. The average Bonchev–Trinajstić information content (AvgIpc) is 3.02. The van der Waals surface area contributed by atoms with E-state index in [4.69, 9.17) is 14.0 Å². The van der Waals surface area contributed by atoms with Gasteiger partial charge in [0.1, 0.15) is 5.75 Å². The Kier molecular flexibility index (Phi) is 3.83. The first-order valence-electron chi connectivity index (χ1n) is 7.41. The lowest BCUT2D eigenvalue weighted by molar-refractivity contribution is 0.00578. The highest BCUT2D eigenvalue weighted by atomic mass is 32.1. The molecule has 1 aromatic heterocycles. The van der Waals surface area contributed by atoms with Gasteiger partial charge in [-0.1, -0.05) is 18.2 Å². The Bertz CT molecular complexity index is 662. The fourth-order valence-corrected chi connectivity index (χ4v) is 3.32. The monoisotopic (exact) mass is 316 g/mol. The minimum absolute atomic E-state index is 0.307. The molecule has 1 aliphatic heterocycles. The molecule has 0 spiro atoms. The van der Waals surface area contributed by atoms with Crippen LogP contribution in [0.4, 0.5) is 0 Å². The van der Waals surface area contributed by atoms with Crippen LogP contribution < -0.4 is 9.51 Å². The van der Waals surface area contributed by atoms with Gasteiger partial charge in [-0.15, -0.1) is 0 Å². The molecule has 1 fully saturated rings. The van der Waals surface area contributed by atoms with Crippen molar-refractivity contribution >= 4 is 23.2 Å². The van der Waals surface area contributed by atoms with Crippen molar-refractivity contribution in [1.82, 2.24) is 0 Å². The Morgan fingerprint density at radius 2 is 1.68 bits per heavy atom. The SMILES string of the molecule is COc1ccccc1-c1csc(B2OC(C)(C)C(C)(C)O2)c1. The number of ether oxygens (including phenoxy) is 1. The van der Waals surface area contributed by atoms with Crippen LogP contribution in [0.1, 0.15) is 27.7 Å². The van der Waals surface area contributed by atoms with Crippen LogP contribution in [0.3, 0.4) is 0 Å². The van der Waals surface area contributed by atoms with E-state index in [0.29, 0.717) is 0 Å². The maximum Gasteiger partial charge on any atom is 0.505 e. The van der Waals surface area contributed by atoms with Gasteiger partial charge in [-0.05, 0) is 50.8 Å². The molecule has 0 saturated carbocycles. The van der Waals surface area contributed by atoms with E-state index in [1.54, 1.807) is 18.4 Å². The highest BCUT2D eigenvalue weighted by Crippen LogP contribution is 2.38. The quantitative estimate of drug-likeness (QED) is 0.808. The number of benzene rings is 1. The third-order valence-corrected chi connectivity index (χ3v) is 5.48. The Labute approximate surface area is 136 Å². The molecule has 3 rings (SSSR count). The van der Waals surface area contributed by atoms with Crippen molar-refractivity contribution in [2.75, 3.05) is 7.11 Å². The van der Waals surface area contributed by atoms with Crippen LogP contribution in [-0.2, 0) is 9.31 Å². The van der Waals surface area contributed by atoms with Crippen molar-refractivity contribution in [3.05, 3.63) is 35.7 Å². The summed E-state index contributed by atoms with van der Waals surface area (Å²) in [6, 6.07) is 10.2. The molecule has 0 unspecified atom stereocenters. The molecule has 0 aliphatic carbocycles. The average molecular weight is 316 g/mol. The molecule has 5 heteroatoms. The highest BCUT2D eigenvalue weighted by Gasteiger charge is 2.52. The Hall–Kier alpha value is -1.30. The molecule has 2 heterocycles. The third kappa shape index (κ3) is 2.58. The standard InChI is InChI=1S/C17H21BO3S/c1-16(2)17(3,4)21-18(20-16)15-10-12(11-22-15)13-8-6-7-9-14(13)19-5/h6-11H,1-5H3. The molecule has 0 N–H and O–H groups in total. The molecular formula is C17H21BO3S. The van der Waals surface area contributed by atoms with Gasteiger partial charge >= 0.3 is 7.12 Å². The van der Waals surface area contributed by atoms with Gasteiger partial charge in [0, 0.05) is 10.3 Å². The summed E-state index contributed by atoms with van der Waals surface area (Å²) in [6.45, 7) is 8.28. The van der Waals surface area contributed by atoms with E-state index < -0.39 is 0 Å². The fourth-order valence-electron chi connectivity index (χ4n) is 2.46. The van der Waals surface area contributed by atoms with Crippen molar-refractivity contribution in [2.45, 2.75) is 38.9 Å². The lowest BCUT2D eigenvalue weighted by Gasteiger charge is -2.32. The Morgan fingerprint density at radius 3 is 2.32 bits per heavy atom. The first-order valence-corrected chi connectivity index (χ1v) is 8.29. The van der Waals surface area contributed by atoms with Crippen LogP contribution in [0.2, 0.25) is 0 Å². The summed E-state index contributed by atoms with van der Waals surface area (Å²) in [6.07, 6.45) is 0. The normalized spacial score (nSPS) is 19.4. The Balaban J connectivity index is 1.89. The smallest absolute Gasteiger partial charge is 0.496 e. The zero-order valence-electron chi connectivity index (χ0n) is 13.7. The lowest BCUT2D eigenvalue weighted by atomic mass is 9.87. The minimum atomic E-state index is -0.313. The first-order chi connectivity index (χ1) is 10.3. The highest BCUT2D eigenvalue weighted by molar-refractivity contribution is 7.21. The number of methoxy groups -OCH3 is 1. The summed E-state index contributed by atoms with van der Waals surface area (Å²) in [4.78, 5) is 0. The number of thiophene rings is 1. The van der Waals surface area contributed by atoms with Gasteiger partial charge in [-0.3, -0.25) is 0 Å². The zero-order chi connectivity index (χ0) is 16.0. The summed E-state index contributed by atoms with van der Waals surface area (Å²) in [7, 11) is 1.39. The van der Waals surface area contributed by atoms with Crippen LogP contribution in [0, 0.1) is 0 Å². The molecule has 0 amide bonds. The van der Waals surface area contributed by atoms with Gasteiger partial charge in [0.15, 0.2) is 0 Å². The summed E-state index contributed by atoms with van der Waals surface area (Å²) >= 11 is 1.66. The zero-order valence-corrected chi connectivity index (χ0v) is 14.5. The number of para-hydroxylation sites is 1. The van der Waals surface area contributed by atoms with Crippen LogP contribution in [0.25, 0.3) is 11.1 Å². The van der Waals surface area contributed by atoms with Gasteiger partial charge in [0.2, 0.25) is 0 Å². The summed E-state index contributed by atoms with van der Waals surface area (Å²) < 4.78 is 18.8. The summed E-state index contributed by atoms with van der Waals surface area (Å²) in [5.41, 5.74) is 1.59. The predicted octanol–water partition coefficient (Wildman–Crippen LogP) is 3.72. The number of rotatable bonds is 3. The maximum absolute atomic E-state index is 6.11. The predicted molar refractivity (Wildman–Crippen MR) is 92.0 cm³/mol. The van der Waals surface area contributed by atoms with E-state index in [-0.39, 0.29) is 18.3 Å². The van der Waals surface area contributed by atoms with E-state index in [2.05, 4.69) is 45.2 Å². The second kappa shape index (κ2) is 5.41. The van der Waals surface area contributed by atoms with Crippen molar-refractivity contribution < 1.29 is 14.0 Å². The maximum atomic E-state index is 6.11. The molecule has 3 nitrogen and oxygen atoms in total. The van der Waals surface area contributed by atoms with Crippen molar-refractivity contribution in [3.8, 4) is 16.9 Å². The van der Waals surface area contributed by atoms with E-state index in [0.717, 1.165) is 21.7 Å². The second-order valence-corrected chi connectivity index (χ2v) is 7.47. The van der Waals surface area contributed by atoms with Gasteiger partial charge in [0.25, 0.3) is 0 Å². The van der Waals surface area contributed by atoms with Crippen LogP contribution in [0.5, 0.6) is 5.75 Å². The topological polar surface area (TPSA) is 27.7 Å². The first kappa shape index (κ1) is 15.6. The second-order valence-electron chi connectivity index (χ2n) is 6.53. The molecule has 0 radical (unpaired) electrons. The van der Waals surface area contributed by atoms with Gasteiger partial charge in [0.05, 0.1) is 18.3 Å². The van der Waals surface area contributed by atoms with Gasteiger partial charge in [-0.25, -0.2) is 0 Å². The van der Waals surface area contributed by atoms with Crippen LogP contribution >= 0.6 is 11.3 Å². The third-order valence-electron chi connectivity index (χ3n) is 4.52. The summed E-state index contributed by atoms with van der Waals surface area (Å²) in [5.74, 6) is 0.876. The Morgan fingerprint density at radius 1 is 1.05 bits per heavy atom. The van der Waals surface area contributed by atoms with Crippen molar-refractivity contribution in [2.24, 2.45) is 0 Å². The molecule has 116 valence electrons. The largest absolute Gasteiger partial charge is 0.505 e. The number of hydrogen-bond donors (Lipinski definition) is 0. The summed E-state index contributed by atoms with van der Waals surface area (Å²) in [5, 5.41) is 2.12.